The standard InChI is InChI=1S/C11H11NO4S/c1-8(13)17-6-2-3-9-7-10(12(15)16)4-5-11(9)14/h2-5,7,14H,6H2,1H3. The second-order valence-electron chi connectivity index (χ2n) is 3.21. The molecule has 17 heavy (non-hydrogen) atoms. The molecule has 0 radical (unpaired) electrons. The summed E-state index contributed by atoms with van der Waals surface area (Å²) in [5.41, 5.74) is 0.282. The third-order valence-electron chi connectivity index (χ3n) is 1.90. The molecule has 0 saturated heterocycles. The number of carbonyl (C=O) groups excluding carboxylic acids is 1. The van der Waals surface area contributed by atoms with Gasteiger partial charge in [0.05, 0.1) is 4.92 Å². The van der Waals surface area contributed by atoms with Crippen LogP contribution in [0.4, 0.5) is 5.69 Å². The second kappa shape index (κ2) is 6.05. The van der Waals surface area contributed by atoms with Crippen molar-refractivity contribution in [1.29, 1.82) is 0 Å². The van der Waals surface area contributed by atoms with Crippen molar-refractivity contribution in [3.8, 4) is 5.75 Å². The lowest BCUT2D eigenvalue weighted by Crippen LogP contribution is -1.88. The van der Waals surface area contributed by atoms with Crippen molar-refractivity contribution in [3.63, 3.8) is 0 Å². The summed E-state index contributed by atoms with van der Waals surface area (Å²) in [6.07, 6.45) is 3.23. The number of carbonyl (C=O) groups is 1. The normalized spacial score (nSPS) is 10.6. The summed E-state index contributed by atoms with van der Waals surface area (Å²) < 4.78 is 0. The minimum Gasteiger partial charge on any atom is -0.507 e. The summed E-state index contributed by atoms with van der Waals surface area (Å²) in [7, 11) is 0. The molecule has 1 N–H and O–H groups in total. The molecule has 1 rings (SSSR count). The van der Waals surface area contributed by atoms with Gasteiger partial charge in [0.1, 0.15) is 5.75 Å². The maximum absolute atomic E-state index is 10.7. The molecule has 0 bridgehead atoms. The van der Waals surface area contributed by atoms with Gasteiger partial charge in [-0.1, -0.05) is 23.9 Å². The van der Waals surface area contributed by atoms with E-state index in [9.17, 15) is 20.0 Å². The van der Waals surface area contributed by atoms with E-state index in [-0.39, 0.29) is 16.6 Å². The molecule has 0 aliphatic heterocycles. The number of phenolic OH excluding ortho intramolecular Hbond substituents is 1. The van der Waals surface area contributed by atoms with E-state index in [1.807, 2.05) is 0 Å². The van der Waals surface area contributed by atoms with E-state index in [1.165, 1.54) is 25.1 Å². The summed E-state index contributed by atoms with van der Waals surface area (Å²) in [5.74, 6) is 0.442. The average Bonchev–Trinajstić information content (AvgIpc) is 2.25. The quantitative estimate of drug-likeness (QED) is 0.659. The number of hydrogen-bond acceptors (Lipinski definition) is 5. The number of phenols is 1. The Morgan fingerprint density at radius 1 is 1.59 bits per heavy atom. The van der Waals surface area contributed by atoms with Gasteiger partial charge in [-0.3, -0.25) is 14.9 Å². The van der Waals surface area contributed by atoms with Crippen LogP contribution in [0.15, 0.2) is 24.3 Å². The highest BCUT2D eigenvalue weighted by Crippen LogP contribution is 2.24. The largest absolute Gasteiger partial charge is 0.507 e. The summed E-state index contributed by atoms with van der Waals surface area (Å²) in [6, 6.07) is 3.79. The van der Waals surface area contributed by atoms with E-state index in [2.05, 4.69) is 0 Å². The van der Waals surface area contributed by atoms with Crippen molar-refractivity contribution in [2.45, 2.75) is 6.92 Å². The fourth-order valence-corrected chi connectivity index (χ4v) is 1.56. The topological polar surface area (TPSA) is 80.4 Å². The lowest BCUT2D eigenvalue weighted by atomic mass is 10.1. The zero-order chi connectivity index (χ0) is 12.8. The number of nitro groups is 1. The zero-order valence-corrected chi connectivity index (χ0v) is 9.94. The smallest absolute Gasteiger partial charge is 0.270 e. The molecule has 0 amide bonds. The van der Waals surface area contributed by atoms with Crippen molar-refractivity contribution < 1.29 is 14.8 Å². The third kappa shape index (κ3) is 4.28. The van der Waals surface area contributed by atoms with E-state index in [0.29, 0.717) is 11.3 Å². The van der Waals surface area contributed by atoms with Crippen molar-refractivity contribution in [3.05, 3.63) is 40.0 Å². The number of nitro benzene ring substituents is 1. The van der Waals surface area contributed by atoms with Gasteiger partial charge in [0, 0.05) is 30.4 Å². The van der Waals surface area contributed by atoms with Crippen LogP contribution in [-0.4, -0.2) is 20.9 Å². The highest BCUT2D eigenvalue weighted by atomic mass is 32.2. The van der Waals surface area contributed by atoms with Crippen LogP contribution in [-0.2, 0) is 4.79 Å². The molecular formula is C11H11NO4S. The maximum atomic E-state index is 10.7. The van der Waals surface area contributed by atoms with Crippen molar-refractivity contribution in [2.24, 2.45) is 0 Å². The van der Waals surface area contributed by atoms with Gasteiger partial charge >= 0.3 is 0 Å². The van der Waals surface area contributed by atoms with Crippen LogP contribution in [0.25, 0.3) is 6.08 Å². The Balaban J connectivity index is 2.79. The molecule has 0 aliphatic rings. The number of hydrogen-bond donors (Lipinski definition) is 1. The molecule has 5 nitrogen and oxygen atoms in total. The maximum Gasteiger partial charge on any atom is 0.270 e. The first-order chi connectivity index (χ1) is 8.00. The Morgan fingerprint density at radius 3 is 2.88 bits per heavy atom. The van der Waals surface area contributed by atoms with Crippen LogP contribution in [0.2, 0.25) is 0 Å². The van der Waals surface area contributed by atoms with Crippen LogP contribution in [0.3, 0.4) is 0 Å². The molecule has 0 unspecified atom stereocenters. The van der Waals surface area contributed by atoms with Crippen LogP contribution < -0.4 is 0 Å². The Morgan fingerprint density at radius 2 is 2.29 bits per heavy atom. The molecule has 0 fully saturated rings. The summed E-state index contributed by atoms with van der Waals surface area (Å²) >= 11 is 1.13. The molecule has 1 aromatic rings. The fraction of sp³-hybridized carbons (Fsp3) is 0.182. The number of non-ortho nitro benzene ring substituents is 1. The number of nitrogens with zero attached hydrogens (tertiary/aromatic N) is 1. The highest BCUT2D eigenvalue weighted by Gasteiger charge is 2.07. The van der Waals surface area contributed by atoms with Gasteiger partial charge in [0.25, 0.3) is 5.69 Å². The number of aromatic hydroxyl groups is 1. The van der Waals surface area contributed by atoms with Crippen LogP contribution in [0.5, 0.6) is 5.75 Å². The molecule has 0 atom stereocenters. The molecule has 0 aromatic heterocycles. The SMILES string of the molecule is CC(=O)SCC=Cc1cc([N+](=O)[O-])ccc1O. The highest BCUT2D eigenvalue weighted by molar-refractivity contribution is 8.13. The number of benzene rings is 1. The van der Waals surface area contributed by atoms with E-state index in [1.54, 1.807) is 12.2 Å². The fourth-order valence-electron chi connectivity index (χ4n) is 1.13. The summed E-state index contributed by atoms with van der Waals surface area (Å²) in [6.45, 7) is 1.46. The van der Waals surface area contributed by atoms with Gasteiger partial charge in [-0.05, 0) is 6.07 Å². The van der Waals surface area contributed by atoms with Crippen LogP contribution >= 0.6 is 11.8 Å². The van der Waals surface area contributed by atoms with E-state index in [4.69, 9.17) is 0 Å². The molecule has 0 saturated carbocycles. The molecule has 6 heteroatoms. The Hall–Kier alpha value is -1.82. The average molecular weight is 253 g/mol. The van der Waals surface area contributed by atoms with Crippen molar-refractivity contribution in [1.82, 2.24) is 0 Å². The first-order valence-electron chi connectivity index (χ1n) is 4.78. The summed E-state index contributed by atoms with van der Waals surface area (Å²) in [4.78, 5) is 20.7. The predicted octanol–water partition coefficient (Wildman–Crippen LogP) is 2.59. The second-order valence-corrected chi connectivity index (χ2v) is 4.40. The molecule has 0 spiro atoms. The van der Waals surface area contributed by atoms with Gasteiger partial charge in [-0.25, -0.2) is 0 Å². The molecule has 1 aromatic carbocycles. The van der Waals surface area contributed by atoms with Gasteiger partial charge in [-0.2, -0.15) is 0 Å². The van der Waals surface area contributed by atoms with Crippen LogP contribution in [0.1, 0.15) is 12.5 Å². The van der Waals surface area contributed by atoms with E-state index < -0.39 is 4.92 Å². The molecule has 90 valence electrons. The summed E-state index contributed by atoms with van der Waals surface area (Å²) in [5, 5.41) is 20.0. The van der Waals surface area contributed by atoms with Crippen molar-refractivity contribution in [2.75, 3.05) is 5.75 Å². The Kier molecular flexibility index (Phi) is 4.71. The zero-order valence-electron chi connectivity index (χ0n) is 9.12. The number of rotatable bonds is 4. The van der Waals surface area contributed by atoms with Gasteiger partial charge in [0.2, 0.25) is 0 Å². The third-order valence-corrected chi connectivity index (χ3v) is 2.67. The Bertz CT molecular complexity index is 471. The van der Waals surface area contributed by atoms with Gasteiger partial charge in [0.15, 0.2) is 5.12 Å². The predicted molar refractivity (Wildman–Crippen MR) is 66.9 cm³/mol. The lowest BCUT2D eigenvalue weighted by molar-refractivity contribution is -0.384. The monoisotopic (exact) mass is 253 g/mol. The van der Waals surface area contributed by atoms with Gasteiger partial charge in [-0.15, -0.1) is 0 Å². The lowest BCUT2D eigenvalue weighted by Gasteiger charge is -1.98. The number of thioether (sulfide) groups is 1. The van der Waals surface area contributed by atoms with E-state index >= 15 is 0 Å². The first kappa shape index (κ1) is 13.2. The minimum atomic E-state index is -0.527. The Labute approximate surface area is 102 Å². The molecule has 0 aliphatic carbocycles. The molecule has 0 heterocycles. The molecular weight excluding hydrogens is 242 g/mol. The van der Waals surface area contributed by atoms with Crippen molar-refractivity contribution >= 4 is 28.6 Å². The minimum absolute atomic E-state index is 0.00193. The first-order valence-corrected chi connectivity index (χ1v) is 5.76. The van der Waals surface area contributed by atoms with Crippen LogP contribution in [0, 0.1) is 10.1 Å². The van der Waals surface area contributed by atoms with Gasteiger partial charge < -0.3 is 5.11 Å². The van der Waals surface area contributed by atoms with E-state index in [0.717, 1.165) is 11.8 Å².